The van der Waals surface area contributed by atoms with Gasteiger partial charge < -0.3 is 15.3 Å². The summed E-state index contributed by atoms with van der Waals surface area (Å²) in [6.45, 7) is 1.86. The molecule has 2 rings (SSSR count). The molecule has 1 aliphatic heterocycles. The predicted molar refractivity (Wildman–Crippen MR) is 72.2 cm³/mol. The molecule has 1 aromatic rings. The van der Waals surface area contributed by atoms with E-state index >= 15 is 0 Å². The van der Waals surface area contributed by atoms with E-state index in [4.69, 9.17) is 16.7 Å². The van der Waals surface area contributed by atoms with Gasteiger partial charge >= 0.3 is 11.8 Å². The van der Waals surface area contributed by atoms with E-state index in [0.717, 1.165) is 5.56 Å². The van der Waals surface area contributed by atoms with E-state index < -0.39 is 17.9 Å². The van der Waals surface area contributed by atoms with Gasteiger partial charge in [-0.25, -0.2) is 0 Å². The van der Waals surface area contributed by atoms with Crippen LogP contribution in [-0.2, 0) is 16.0 Å². The van der Waals surface area contributed by atoms with Crippen LogP contribution in [0.5, 0.6) is 0 Å². The maximum Gasteiger partial charge on any atom is 0.316 e. The lowest BCUT2D eigenvalue weighted by Gasteiger charge is -2.18. The van der Waals surface area contributed by atoms with Gasteiger partial charge in [-0.3, -0.25) is 9.59 Å². The van der Waals surface area contributed by atoms with Crippen molar-refractivity contribution in [2.45, 2.75) is 19.4 Å². The van der Waals surface area contributed by atoms with E-state index in [1.807, 2.05) is 0 Å². The lowest BCUT2D eigenvalue weighted by Crippen LogP contribution is -2.46. The van der Waals surface area contributed by atoms with E-state index in [1.165, 1.54) is 4.90 Å². The molecule has 5 nitrogen and oxygen atoms in total. The van der Waals surface area contributed by atoms with Gasteiger partial charge in [0.05, 0.1) is 6.61 Å². The van der Waals surface area contributed by atoms with Crippen molar-refractivity contribution in [3.63, 3.8) is 0 Å². The Morgan fingerprint density at radius 1 is 1.53 bits per heavy atom. The van der Waals surface area contributed by atoms with Crippen molar-refractivity contribution in [3.8, 4) is 0 Å². The van der Waals surface area contributed by atoms with Gasteiger partial charge in [-0.2, -0.15) is 0 Å². The molecule has 1 heterocycles. The first-order valence-corrected chi connectivity index (χ1v) is 6.43. The molecular formula is C13H15ClN2O3. The van der Waals surface area contributed by atoms with Gasteiger partial charge in [-0.1, -0.05) is 17.7 Å². The fourth-order valence-electron chi connectivity index (χ4n) is 2.06. The van der Waals surface area contributed by atoms with Crippen LogP contribution in [0.2, 0.25) is 5.02 Å². The highest BCUT2D eigenvalue weighted by atomic mass is 35.5. The number of halogens is 1. The molecule has 0 bridgehead atoms. The average molecular weight is 283 g/mol. The van der Waals surface area contributed by atoms with Crippen molar-refractivity contribution in [1.29, 1.82) is 0 Å². The maximum absolute atomic E-state index is 12.1. The zero-order valence-electron chi connectivity index (χ0n) is 10.5. The minimum Gasteiger partial charge on any atom is -0.394 e. The highest BCUT2D eigenvalue weighted by molar-refractivity contribution is 6.41. The van der Waals surface area contributed by atoms with Crippen molar-refractivity contribution in [3.05, 3.63) is 28.8 Å². The number of hydrogen-bond donors (Lipinski definition) is 2. The Balaban J connectivity index is 2.15. The van der Waals surface area contributed by atoms with Crippen LogP contribution in [0.15, 0.2) is 18.2 Å². The zero-order valence-corrected chi connectivity index (χ0v) is 11.3. The third kappa shape index (κ3) is 2.72. The summed E-state index contributed by atoms with van der Waals surface area (Å²) >= 11 is 6.05. The number of carbonyl (C=O) groups excluding carboxylic acids is 2. The molecule has 0 aromatic heterocycles. The van der Waals surface area contributed by atoms with Crippen molar-refractivity contribution in [1.82, 2.24) is 5.32 Å². The van der Waals surface area contributed by atoms with Gasteiger partial charge in [0.2, 0.25) is 0 Å². The summed E-state index contributed by atoms with van der Waals surface area (Å²) in [4.78, 5) is 25.2. The summed E-state index contributed by atoms with van der Waals surface area (Å²) in [6, 6.07) is 4.84. The fourth-order valence-corrected chi connectivity index (χ4v) is 2.32. The highest BCUT2D eigenvalue weighted by Gasteiger charge is 2.30. The van der Waals surface area contributed by atoms with Crippen molar-refractivity contribution >= 4 is 29.1 Å². The fraction of sp³-hybridized carbons (Fsp3) is 0.385. The van der Waals surface area contributed by atoms with Crippen LogP contribution in [0, 0.1) is 0 Å². The number of aliphatic hydroxyl groups excluding tert-OH is 1. The van der Waals surface area contributed by atoms with Gasteiger partial charge in [0.25, 0.3) is 0 Å². The van der Waals surface area contributed by atoms with Crippen LogP contribution < -0.4 is 10.2 Å². The molecule has 0 spiro atoms. The minimum atomic E-state index is -0.714. The molecule has 1 aromatic carbocycles. The quantitative estimate of drug-likeness (QED) is 0.786. The highest BCUT2D eigenvalue weighted by Crippen LogP contribution is 2.33. The second-order valence-electron chi connectivity index (χ2n) is 4.50. The van der Waals surface area contributed by atoms with E-state index in [9.17, 15) is 9.59 Å². The summed E-state index contributed by atoms with van der Waals surface area (Å²) < 4.78 is 0. The molecule has 0 saturated carbocycles. The molecule has 1 atom stereocenters. The normalized spacial score (nSPS) is 15.0. The van der Waals surface area contributed by atoms with Gasteiger partial charge in [0.15, 0.2) is 0 Å². The molecule has 1 unspecified atom stereocenters. The number of hydrogen-bond acceptors (Lipinski definition) is 3. The standard InChI is InChI=1S/C13H15ClN2O3/c1-8(7-17)15-12(18)13(19)16-6-5-9-10(14)3-2-4-11(9)16/h2-4,8,17H,5-7H2,1H3,(H,15,18). The number of rotatable bonds is 2. The Bertz CT molecular complexity index is 519. The Morgan fingerprint density at radius 2 is 2.26 bits per heavy atom. The number of anilines is 1. The molecule has 0 saturated heterocycles. The van der Waals surface area contributed by atoms with E-state index in [2.05, 4.69) is 5.32 Å². The number of aliphatic hydroxyl groups is 1. The molecule has 0 radical (unpaired) electrons. The summed E-state index contributed by atoms with van der Waals surface area (Å²) in [5.74, 6) is -1.34. The first-order valence-electron chi connectivity index (χ1n) is 6.05. The van der Waals surface area contributed by atoms with Gasteiger partial charge in [-0.15, -0.1) is 0 Å². The first kappa shape index (κ1) is 13.8. The SMILES string of the molecule is CC(CO)NC(=O)C(=O)N1CCc2c(Cl)cccc21. The van der Waals surface area contributed by atoms with E-state index in [-0.39, 0.29) is 6.61 Å². The van der Waals surface area contributed by atoms with Crippen LogP contribution in [0.4, 0.5) is 5.69 Å². The molecule has 1 aliphatic rings. The minimum absolute atomic E-state index is 0.207. The van der Waals surface area contributed by atoms with Crippen LogP contribution in [0.3, 0.4) is 0 Å². The molecule has 2 N–H and O–H groups in total. The third-order valence-electron chi connectivity index (χ3n) is 3.06. The van der Waals surface area contributed by atoms with Gasteiger partial charge in [0.1, 0.15) is 0 Å². The Morgan fingerprint density at radius 3 is 2.95 bits per heavy atom. The van der Waals surface area contributed by atoms with Crippen LogP contribution in [0.25, 0.3) is 0 Å². The lowest BCUT2D eigenvalue weighted by atomic mass is 10.2. The summed E-state index contributed by atoms with van der Waals surface area (Å²) in [7, 11) is 0. The smallest absolute Gasteiger partial charge is 0.316 e. The molecule has 19 heavy (non-hydrogen) atoms. The second kappa shape index (κ2) is 5.59. The zero-order chi connectivity index (χ0) is 14.0. The van der Waals surface area contributed by atoms with E-state index in [0.29, 0.717) is 23.7 Å². The summed E-state index contributed by atoms with van der Waals surface area (Å²) in [6.07, 6.45) is 0.642. The molecular weight excluding hydrogens is 268 g/mol. The van der Waals surface area contributed by atoms with Crippen LogP contribution in [-0.4, -0.2) is 36.1 Å². The number of amides is 2. The molecule has 0 aliphatic carbocycles. The summed E-state index contributed by atoms with van der Waals surface area (Å²) in [5, 5.41) is 11.9. The average Bonchev–Trinajstić information content (AvgIpc) is 2.82. The Hall–Kier alpha value is -1.59. The second-order valence-corrected chi connectivity index (χ2v) is 4.91. The maximum atomic E-state index is 12.1. The largest absolute Gasteiger partial charge is 0.394 e. The first-order chi connectivity index (χ1) is 9.04. The van der Waals surface area contributed by atoms with Crippen molar-refractivity contribution < 1.29 is 14.7 Å². The van der Waals surface area contributed by atoms with Crippen LogP contribution in [0.1, 0.15) is 12.5 Å². The van der Waals surface area contributed by atoms with Gasteiger partial charge in [-0.05, 0) is 31.0 Å². The van der Waals surface area contributed by atoms with Crippen LogP contribution >= 0.6 is 11.6 Å². The summed E-state index contributed by atoms with van der Waals surface area (Å²) in [5.41, 5.74) is 1.57. The number of benzene rings is 1. The number of nitrogens with one attached hydrogen (secondary N) is 1. The third-order valence-corrected chi connectivity index (χ3v) is 3.42. The molecule has 6 heteroatoms. The number of nitrogens with zero attached hydrogens (tertiary/aromatic N) is 1. The monoisotopic (exact) mass is 282 g/mol. The van der Waals surface area contributed by atoms with Crippen molar-refractivity contribution in [2.24, 2.45) is 0 Å². The Kier molecular flexibility index (Phi) is 4.07. The Labute approximate surface area is 116 Å². The van der Waals surface area contributed by atoms with E-state index in [1.54, 1.807) is 25.1 Å². The number of carbonyl (C=O) groups is 2. The topological polar surface area (TPSA) is 69.6 Å². The predicted octanol–water partition coefficient (Wildman–Crippen LogP) is 0.726. The van der Waals surface area contributed by atoms with Gasteiger partial charge in [0, 0.05) is 23.3 Å². The molecule has 0 fully saturated rings. The van der Waals surface area contributed by atoms with Crippen molar-refractivity contribution in [2.75, 3.05) is 18.1 Å². The molecule has 102 valence electrons. The number of fused-ring (bicyclic) bond motifs is 1. The molecule has 2 amide bonds. The lowest BCUT2D eigenvalue weighted by molar-refractivity contribution is -0.138.